The van der Waals surface area contributed by atoms with Crippen LogP contribution >= 0.6 is 12.2 Å². The summed E-state index contributed by atoms with van der Waals surface area (Å²) < 4.78 is 0. The minimum Gasteiger partial charge on any atom is -0.346 e. The van der Waals surface area contributed by atoms with Crippen molar-refractivity contribution in [2.75, 3.05) is 26.2 Å². The Bertz CT molecular complexity index is 734. The highest BCUT2D eigenvalue weighted by Crippen LogP contribution is 2.29. The number of unbranched alkanes of at least 4 members (excludes halogenated alkanes) is 2. The van der Waals surface area contributed by atoms with E-state index in [1.54, 1.807) is 0 Å². The third-order valence-electron chi connectivity index (χ3n) is 5.45. The van der Waals surface area contributed by atoms with Crippen molar-refractivity contribution >= 4 is 23.2 Å². The number of hydrogen-bond acceptors (Lipinski definition) is 3. The van der Waals surface area contributed by atoms with Gasteiger partial charge >= 0.3 is 0 Å². The molecule has 0 atom stereocenters. The number of rotatable bonds is 7. The molecule has 2 aromatic carbocycles. The minimum absolute atomic E-state index is 0.0392. The van der Waals surface area contributed by atoms with Crippen LogP contribution in [0.4, 0.5) is 0 Å². The molecule has 1 fully saturated rings. The van der Waals surface area contributed by atoms with Crippen molar-refractivity contribution in [2.45, 2.75) is 38.6 Å². The number of amides is 1. The molecular formula is C24H31N3OS. The summed E-state index contributed by atoms with van der Waals surface area (Å²) >= 11 is 5.50. The number of thiocarbonyl (C=S) groups is 1. The highest BCUT2D eigenvalue weighted by atomic mass is 32.1. The Morgan fingerprint density at radius 2 is 1.48 bits per heavy atom. The molecule has 1 saturated heterocycles. The first kappa shape index (κ1) is 21.5. The molecule has 0 bridgehead atoms. The molecule has 3 rings (SSSR count). The van der Waals surface area contributed by atoms with Gasteiger partial charge in [0.25, 0.3) is 0 Å². The van der Waals surface area contributed by atoms with E-state index in [2.05, 4.69) is 82.7 Å². The molecule has 1 amide bonds. The number of nitrogens with one attached hydrogen (secondary N) is 1. The Morgan fingerprint density at radius 3 is 2.00 bits per heavy atom. The molecule has 29 heavy (non-hydrogen) atoms. The highest BCUT2D eigenvalue weighted by molar-refractivity contribution is 7.80. The number of carbonyl (C=O) groups excluding carboxylic acids is 1. The molecule has 1 aliphatic rings. The normalized spacial score (nSPS) is 14.8. The summed E-state index contributed by atoms with van der Waals surface area (Å²) in [5, 5.41) is 3.49. The zero-order chi connectivity index (χ0) is 20.5. The summed E-state index contributed by atoms with van der Waals surface area (Å²) in [4.78, 5) is 16.7. The third kappa shape index (κ3) is 6.12. The fourth-order valence-electron chi connectivity index (χ4n) is 3.86. The van der Waals surface area contributed by atoms with Crippen LogP contribution in [-0.4, -0.2) is 47.0 Å². The van der Waals surface area contributed by atoms with Gasteiger partial charge in [0.1, 0.15) is 0 Å². The smallest absolute Gasteiger partial charge is 0.226 e. The maximum absolute atomic E-state index is 12.1. The van der Waals surface area contributed by atoms with E-state index in [1.807, 2.05) is 0 Å². The van der Waals surface area contributed by atoms with Gasteiger partial charge in [-0.15, -0.1) is 0 Å². The number of piperazine rings is 1. The zero-order valence-electron chi connectivity index (χ0n) is 17.2. The van der Waals surface area contributed by atoms with Crippen LogP contribution in [0.5, 0.6) is 0 Å². The SMILES string of the molecule is CCCCCC(=O)NC(=S)N1CCN(C(c2ccccc2)c2ccccc2)CC1. The van der Waals surface area contributed by atoms with Crippen LogP contribution in [0.3, 0.4) is 0 Å². The van der Waals surface area contributed by atoms with Crippen molar-refractivity contribution in [3.05, 3.63) is 71.8 Å². The maximum atomic E-state index is 12.1. The van der Waals surface area contributed by atoms with Crippen molar-refractivity contribution in [1.82, 2.24) is 15.1 Å². The topological polar surface area (TPSA) is 35.6 Å². The summed E-state index contributed by atoms with van der Waals surface area (Å²) in [7, 11) is 0. The Balaban J connectivity index is 1.60. The molecule has 5 heteroatoms. The predicted octanol–water partition coefficient (Wildman–Crippen LogP) is 4.38. The number of carbonyl (C=O) groups is 1. The monoisotopic (exact) mass is 409 g/mol. The van der Waals surface area contributed by atoms with Crippen molar-refractivity contribution in [1.29, 1.82) is 0 Å². The lowest BCUT2D eigenvalue weighted by molar-refractivity contribution is -0.119. The molecule has 0 aromatic heterocycles. The van der Waals surface area contributed by atoms with Gasteiger partial charge in [0.2, 0.25) is 5.91 Å². The summed E-state index contributed by atoms with van der Waals surface area (Å²) in [6.07, 6.45) is 3.68. The standard InChI is InChI=1S/C24H31N3OS/c1-2-3-6-15-22(28)25-24(29)27-18-16-26(17-19-27)23(20-11-7-4-8-12-20)21-13-9-5-10-14-21/h4-5,7-14,23H,2-3,6,15-19H2,1H3,(H,25,28,29). The lowest BCUT2D eigenvalue weighted by Crippen LogP contribution is -2.53. The van der Waals surface area contributed by atoms with Crippen LogP contribution in [0.25, 0.3) is 0 Å². The van der Waals surface area contributed by atoms with Crippen molar-refractivity contribution in [3.8, 4) is 0 Å². The van der Waals surface area contributed by atoms with Crippen molar-refractivity contribution in [3.63, 3.8) is 0 Å². The van der Waals surface area contributed by atoms with Gasteiger partial charge in [0, 0.05) is 32.6 Å². The van der Waals surface area contributed by atoms with Gasteiger partial charge in [-0.05, 0) is 29.8 Å². The van der Waals surface area contributed by atoms with Crippen LogP contribution in [0.2, 0.25) is 0 Å². The van der Waals surface area contributed by atoms with E-state index in [4.69, 9.17) is 12.2 Å². The van der Waals surface area contributed by atoms with Gasteiger partial charge in [-0.2, -0.15) is 0 Å². The summed E-state index contributed by atoms with van der Waals surface area (Å²) in [6.45, 7) is 5.59. The average molecular weight is 410 g/mol. The van der Waals surface area contributed by atoms with E-state index >= 15 is 0 Å². The lowest BCUT2D eigenvalue weighted by atomic mass is 9.96. The first-order chi connectivity index (χ1) is 14.2. The zero-order valence-corrected chi connectivity index (χ0v) is 18.0. The molecule has 2 aromatic rings. The van der Waals surface area contributed by atoms with E-state index in [9.17, 15) is 4.79 Å². The van der Waals surface area contributed by atoms with Gasteiger partial charge in [-0.25, -0.2) is 0 Å². The fraction of sp³-hybridized carbons (Fsp3) is 0.417. The molecule has 0 radical (unpaired) electrons. The Hall–Kier alpha value is -2.24. The average Bonchev–Trinajstić information content (AvgIpc) is 2.76. The van der Waals surface area contributed by atoms with E-state index < -0.39 is 0 Å². The summed E-state index contributed by atoms with van der Waals surface area (Å²) in [5.74, 6) is 0.0392. The van der Waals surface area contributed by atoms with E-state index in [0.717, 1.165) is 45.4 Å². The second-order valence-corrected chi connectivity index (χ2v) is 7.94. The van der Waals surface area contributed by atoms with Crippen LogP contribution in [-0.2, 0) is 4.79 Å². The van der Waals surface area contributed by atoms with Gasteiger partial charge in [-0.3, -0.25) is 9.69 Å². The molecule has 4 nitrogen and oxygen atoms in total. The molecule has 0 aliphatic carbocycles. The quantitative estimate of drug-likeness (QED) is 0.544. The molecule has 1 N–H and O–H groups in total. The van der Waals surface area contributed by atoms with Crippen molar-refractivity contribution in [2.24, 2.45) is 0 Å². The van der Waals surface area contributed by atoms with Crippen LogP contribution in [0.15, 0.2) is 60.7 Å². The molecule has 0 unspecified atom stereocenters. The molecular weight excluding hydrogens is 378 g/mol. The first-order valence-corrected chi connectivity index (χ1v) is 11.0. The number of hydrogen-bond donors (Lipinski definition) is 1. The predicted molar refractivity (Wildman–Crippen MR) is 123 cm³/mol. The minimum atomic E-state index is 0.0392. The Kier molecular flexibility index (Phi) is 8.20. The molecule has 1 heterocycles. The molecule has 154 valence electrons. The number of nitrogens with zero attached hydrogens (tertiary/aromatic N) is 2. The second-order valence-electron chi connectivity index (χ2n) is 7.56. The number of benzene rings is 2. The van der Waals surface area contributed by atoms with E-state index in [1.165, 1.54) is 11.1 Å². The summed E-state index contributed by atoms with van der Waals surface area (Å²) in [6, 6.07) is 21.6. The van der Waals surface area contributed by atoms with Crippen molar-refractivity contribution < 1.29 is 4.79 Å². The summed E-state index contributed by atoms with van der Waals surface area (Å²) in [5.41, 5.74) is 2.61. The third-order valence-corrected chi connectivity index (χ3v) is 5.81. The molecule has 1 aliphatic heterocycles. The largest absolute Gasteiger partial charge is 0.346 e. The van der Waals surface area contributed by atoms with Crippen LogP contribution in [0, 0.1) is 0 Å². The maximum Gasteiger partial charge on any atom is 0.226 e. The van der Waals surface area contributed by atoms with Crippen LogP contribution < -0.4 is 5.32 Å². The lowest BCUT2D eigenvalue weighted by Gasteiger charge is -2.40. The Morgan fingerprint density at radius 1 is 0.931 bits per heavy atom. The molecule has 0 saturated carbocycles. The van der Waals surface area contributed by atoms with Gasteiger partial charge in [0.05, 0.1) is 6.04 Å². The fourth-order valence-corrected chi connectivity index (χ4v) is 4.16. The van der Waals surface area contributed by atoms with E-state index in [-0.39, 0.29) is 11.9 Å². The van der Waals surface area contributed by atoms with Gasteiger partial charge in [0.15, 0.2) is 5.11 Å². The first-order valence-electron chi connectivity index (χ1n) is 10.6. The second kappa shape index (κ2) is 11.1. The van der Waals surface area contributed by atoms with Crippen LogP contribution in [0.1, 0.15) is 49.8 Å². The molecule has 0 spiro atoms. The van der Waals surface area contributed by atoms with Gasteiger partial charge < -0.3 is 10.2 Å². The Labute approximate surface area is 179 Å². The highest BCUT2D eigenvalue weighted by Gasteiger charge is 2.27. The van der Waals surface area contributed by atoms with E-state index in [0.29, 0.717) is 11.5 Å². The van der Waals surface area contributed by atoms with Gasteiger partial charge in [-0.1, -0.05) is 80.4 Å².